The summed E-state index contributed by atoms with van der Waals surface area (Å²) < 4.78 is 5.90. The molecule has 0 spiro atoms. The Bertz CT molecular complexity index is 777. The van der Waals surface area contributed by atoms with Gasteiger partial charge in [-0.1, -0.05) is 31.5 Å². The lowest BCUT2D eigenvalue weighted by molar-refractivity contribution is -0.0558. The third kappa shape index (κ3) is 3.20. The number of hydrogen-bond acceptors (Lipinski definition) is 5. The Hall–Kier alpha value is -1.69. The van der Waals surface area contributed by atoms with Gasteiger partial charge in [-0.25, -0.2) is 4.98 Å². The smallest absolute Gasteiger partial charge is 0.134 e. The van der Waals surface area contributed by atoms with Crippen molar-refractivity contribution >= 4 is 16.7 Å². The van der Waals surface area contributed by atoms with Gasteiger partial charge in [0.15, 0.2) is 0 Å². The van der Waals surface area contributed by atoms with Gasteiger partial charge in [0, 0.05) is 36.6 Å². The Morgan fingerprint density at radius 2 is 2.15 bits per heavy atom. The first-order valence-corrected chi connectivity index (χ1v) is 9.79. The van der Waals surface area contributed by atoms with Crippen molar-refractivity contribution in [3.63, 3.8) is 0 Å². The monoisotopic (exact) mass is 355 g/mol. The van der Waals surface area contributed by atoms with Crippen LogP contribution in [0.3, 0.4) is 0 Å². The predicted molar refractivity (Wildman–Crippen MR) is 105 cm³/mol. The van der Waals surface area contributed by atoms with E-state index < -0.39 is 0 Å². The summed E-state index contributed by atoms with van der Waals surface area (Å²) in [5.74, 6) is 0.937. The van der Waals surface area contributed by atoms with Gasteiger partial charge in [0.05, 0.1) is 31.4 Å². The molecule has 140 valence electrons. The quantitative estimate of drug-likeness (QED) is 0.914. The zero-order valence-electron chi connectivity index (χ0n) is 15.8. The van der Waals surface area contributed by atoms with Crippen molar-refractivity contribution in [1.82, 2.24) is 9.88 Å². The number of ether oxygens (including phenoxy) is 1. The number of anilines is 1. The third-order valence-electron chi connectivity index (χ3n) is 5.81. The molecule has 0 bridgehead atoms. The van der Waals surface area contributed by atoms with E-state index in [0.717, 1.165) is 55.1 Å². The second-order valence-corrected chi connectivity index (χ2v) is 7.59. The van der Waals surface area contributed by atoms with Gasteiger partial charge < -0.3 is 14.7 Å². The topological polar surface area (TPSA) is 48.8 Å². The van der Waals surface area contributed by atoms with Crippen molar-refractivity contribution < 1.29 is 9.84 Å². The van der Waals surface area contributed by atoms with Gasteiger partial charge in [0.2, 0.25) is 0 Å². The first-order chi connectivity index (χ1) is 12.7. The number of piperazine rings is 1. The molecule has 2 aliphatic heterocycles. The number of benzene rings is 1. The van der Waals surface area contributed by atoms with Crippen molar-refractivity contribution in [3.05, 3.63) is 35.4 Å². The van der Waals surface area contributed by atoms with E-state index in [1.165, 1.54) is 18.4 Å². The number of pyridine rings is 1. The van der Waals surface area contributed by atoms with Crippen molar-refractivity contribution in [2.45, 2.75) is 45.4 Å². The molecule has 3 heterocycles. The number of nitrogens with zero attached hydrogens (tertiary/aromatic N) is 3. The second-order valence-electron chi connectivity index (χ2n) is 7.59. The maximum atomic E-state index is 9.92. The Kier molecular flexibility index (Phi) is 5.11. The summed E-state index contributed by atoms with van der Waals surface area (Å²) in [7, 11) is 0. The van der Waals surface area contributed by atoms with Gasteiger partial charge in [-0.2, -0.15) is 0 Å². The van der Waals surface area contributed by atoms with Crippen molar-refractivity contribution in [1.29, 1.82) is 0 Å². The Morgan fingerprint density at radius 1 is 1.27 bits per heavy atom. The molecule has 0 saturated carbocycles. The minimum Gasteiger partial charge on any atom is -0.392 e. The standard InChI is InChI=1S/C21H29N3O2/c1-3-5-18-13-26-14-19-11-23(8-9-24(18)19)21-17(12-25)10-16-7-4-6-15(2)20(16)22-21/h4,6-7,10,18-19,25H,3,5,8-9,11-14H2,1-2H3/t18-,19+/m0/s1. The van der Waals surface area contributed by atoms with E-state index in [4.69, 9.17) is 9.72 Å². The maximum Gasteiger partial charge on any atom is 0.134 e. The molecule has 1 aromatic carbocycles. The molecule has 0 radical (unpaired) electrons. The highest BCUT2D eigenvalue weighted by Gasteiger charge is 2.36. The van der Waals surface area contributed by atoms with Crippen LogP contribution in [0.5, 0.6) is 0 Å². The molecule has 26 heavy (non-hydrogen) atoms. The summed E-state index contributed by atoms with van der Waals surface area (Å²) in [5.41, 5.74) is 3.13. The minimum absolute atomic E-state index is 0.0199. The van der Waals surface area contributed by atoms with Gasteiger partial charge >= 0.3 is 0 Å². The van der Waals surface area contributed by atoms with E-state index in [-0.39, 0.29) is 6.61 Å². The SMILES string of the molecule is CCC[C@H]1COC[C@H]2CN(c3nc4c(C)cccc4cc3CO)CCN12. The van der Waals surface area contributed by atoms with Crippen LogP contribution < -0.4 is 4.90 Å². The first kappa shape index (κ1) is 17.7. The molecule has 0 unspecified atom stereocenters. The zero-order valence-corrected chi connectivity index (χ0v) is 15.8. The first-order valence-electron chi connectivity index (χ1n) is 9.79. The molecule has 2 saturated heterocycles. The van der Waals surface area contributed by atoms with Crippen LogP contribution in [0.15, 0.2) is 24.3 Å². The van der Waals surface area contributed by atoms with E-state index in [0.29, 0.717) is 12.1 Å². The van der Waals surface area contributed by atoms with Gasteiger partial charge in [-0.3, -0.25) is 4.90 Å². The number of aromatic nitrogens is 1. The van der Waals surface area contributed by atoms with Crippen molar-refractivity contribution in [2.75, 3.05) is 37.7 Å². The van der Waals surface area contributed by atoms with Gasteiger partial charge in [0.1, 0.15) is 5.82 Å². The number of hydrogen-bond donors (Lipinski definition) is 1. The highest BCUT2D eigenvalue weighted by molar-refractivity contribution is 5.84. The van der Waals surface area contributed by atoms with E-state index in [1.807, 2.05) is 6.07 Å². The lowest BCUT2D eigenvalue weighted by Crippen LogP contribution is -2.62. The largest absolute Gasteiger partial charge is 0.392 e. The summed E-state index contributed by atoms with van der Waals surface area (Å²) >= 11 is 0. The van der Waals surface area contributed by atoms with Gasteiger partial charge in [0.25, 0.3) is 0 Å². The summed E-state index contributed by atoms with van der Waals surface area (Å²) in [5, 5.41) is 11.0. The molecule has 1 N–H and O–H groups in total. The minimum atomic E-state index is 0.0199. The summed E-state index contributed by atoms with van der Waals surface area (Å²) in [6, 6.07) is 9.26. The molecule has 2 aliphatic rings. The van der Waals surface area contributed by atoms with Crippen molar-refractivity contribution in [2.24, 2.45) is 0 Å². The van der Waals surface area contributed by atoms with E-state index >= 15 is 0 Å². The normalized spacial score (nSPS) is 24.0. The highest BCUT2D eigenvalue weighted by atomic mass is 16.5. The summed E-state index contributed by atoms with van der Waals surface area (Å²) in [6.45, 7) is 8.92. The zero-order chi connectivity index (χ0) is 18.1. The Balaban J connectivity index is 1.63. The molecule has 4 rings (SSSR count). The number of aliphatic hydroxyl groups is 1. The maximum absolute atomic E-state index is 9.92. The number of rotatable bonds is 4. The molecule has 2 aromatic rings. The molecule has 0 amide bonds. The van der Waals surface area contributed by atoms with E-state index in [1.54, 1.807) is 0 Å². The Labute approximate surface area is 155 Å². The van der Waals surface area contributed by atoms with Crippen LogP contribution in [0, 0.1) is 6.92 Å². The van der Waals surface area contributed by atoms with Crippen LogP contribution in [0.1, 0.15) is 30.9 Å². The van der Waals surface area contributed by atoms with Gasteiger partial charge in [-0.15, -0.1) is 0 Å². The average molecular weight is 355 g/mol. The highest BCUT2D eigenvalue weighted by Crippen LogP contribution is 2.29. The van der Waals surface area contributed by atoms with Crippen molar-refractivity contribution in [3.8, 4) is 0 Å². The van der Waals surface area contributed by atoms with Crippen LogP contribution in [-0.4, -0.2) is 59.9 Å². The number of aliphatic hydroxyl groups excluding tert-OH is 1. The molecule has 1 aromatic heterocycles. The fourth-order valence-corrected chi connectivity index (χ4v) is 4.48. The predicted octanol–water partition coefficient (Wildman–Crippen LogP) is 2.73. The fourth-order valence-electron chi connectivity index (χ4n) is 4.48. The molecule has 2 atom stereocenters. The fraction of sp³-hybridized carbons (Fsp3) is 0.571. The Morgan fingerprint density at radius 3 is 2.96 bits per heavy atom. The third-order valence-corrected chi connectivity index (χ3v) is 5.81. The van der Waals surface area contributed by atoms with Crippen LogP contribution in [0.2, 0.25) is 0 Å². The van der Waals surface area contributed by atoms with Crippen LogP contribution >= 0.6 is 0 Å². The molecule has 0 aliphatic carbocycles. The van der Waals surface area contributed by atoms with Crippen LogP contribution in [-0.2, 0) is 11.3 Å². The molecule has 2 fully saturated rings. The summed E-state index contributed by atoms with van der Waals surface area (Å²) in [6.07, 6.45) is 2.40. The second kappa shape index (κ2) is 7.51. The van der Waals surface area contributed by atoms with Crippen LogP contribution in [0.4, 0.5) is 5.82 Å². The average Bonchev–Trinajstić information content (AvgIpc) is 2.67. The van der Waals surface area contributed by atoms with E-state index in [2.05, 4.69) is 41.8 Å². The molecule has 5 nitrogen and oxygen atoms in total. The van der Waals surface area contributed by atoms with Gasteiger partial charge in [-0.05, 0) is 25.0 Å². The van der Waals surface area contributed by atoms with Crippen LogP contribution in [0.25, 0.3) is 10.9 Å². The number of morpholine rings is 1. The number of para-hydroxylation sites is 1. The van der Waals surface area contributed by atoms with E-state index in [9.17, 15) is 5.11 Å². The molecular weight excluding hydrogens is 326 g/mol. The lowest BCUT2D eigenvalue weighted by Gasteiger charge is -2.48. The summed E-state index contributed by atoms with van der Waals surface area (Å²) in [4.78, 5) is 9.95. The molecule has 5 heteroatoms. The molecular formula is C21H29N3O2. The number of fused-ring (bicyclic) bond motifs is 2. The lowest BCUT2D eigenvalue weighted by atomic mass is 10.0. The number of aryl methyl sites for hydroxylation is 1.